The lowest BCUT2D eigenvalue weighted by Gasteiger charge is -2.08. The van der Waals surface area contributed by atoms with E-state index in [0.29, 0.717) is 0 Å². The molecule has 0 unspecified atom stereocenters. The summed E-state index contributed by atoms with van der Waals surface area (Å²) in [5.41, 5.74) is -0.961. The van der Waals surface area contributed by atoms with Gasteiger partial charge in [-0.05, 0) is 18.2 Å². The average molecular weight is 214 g/mol. The van der Waals surface area contributed by atoms with E-state index in [-0.39, 0.29) is 5.02 Å². The highest BCUT2D eigenvalue weighted by atomic mass is 35.5. The molecule has 0 heterocycles. The van der Waals surface area contributed by atoms with Gasteiger partial charge in [0.15, 0.2) is 0 Å². The Morgan fingerprint density at radius 1 is 1.17 bits per heavy atom. The topological polar surface area (TPSA) is 0 Å². The molecular formula is C7H2Cl2F3. The fourth-order valence-corrected chi connectivity index (χ4v) is 1.04. The summed E-state index contributed by atoms with van der Waals surface area (Å²) in [5.74, 6) is 0. The van der Waals surface area contributed by atoms with Crippen molar-refractivity contribution < 1.29 is 13.2 Å². The van der Waals surface area contributed by atoms with E-state index in [1.54, 1.807) is 0 Å². The molecule has 0 aliphatic carbocycles. The van der Waals surface area contributed by atoms with E-state index < -0.39 is 16.8 Å². The Kier molecular flexibility index (Phi) is 2.54. The predicted octanol–water partition coefficient (Wildman–Crippen LogP) is 3.81. The van der Waals surface area contributed by atoms with Crippen LogP contribution in [0.1, 0.15) is 5.56 Å². The van der Waals surface area contributed by atoms with Gasteiger partial charge in [-0.15, -0.1) is 0 Å². The van der Waals surface area contributed by atoms with Gasteiger partial charge in [-0.1, -0.05) is 23.2 Å². The molecule has 12 heavy (non-hydrogen) atoms. The van der Waals surface area contributed by atoms with Gasteiger partial charge in [0, 0.05) is 0 Å². The lowest BCUT2D eigenvalue weighted by atomic mass is 10.2. The first-order valence-electron chi connectivity index (χ1n) is 2.85. The Labute approximate surface area is 76.9 Å². The quantitative estimate of drug-likeness (QED) is 0.615. The normalized spacial score (nSPS) is 11.8. The maximum atomic E-state index is 12.1. The zero-order valence-corrected chi connectivity index (χ0v) is 7.06. The minimum atomic E-state index is -4.47. The number of alkyl halides is 3. The van der Waals surface area contributed by atoms with Crippen LogP contribution in [0.4, 0.5) is 13.2 Å². The maximum absolute atomic E-state index is 12.1. The van der Waals surface area contributed by atoms with Crippen LogP contribution >= 0.6 is 23.2 Å². The van der Waals surface area contributed by atoms with Crippen molar-refractivity contribution in [1.29, 1.82) is 0 Å². The van der Waals surface area contributed by atoms with E-state index in [9.17, 15) is 13.2 Å². The van der Waals surface area contributed by atoms with Crippen molar-refractivity contribution in [2.45, 2.75) is 6.18 Å². The van der Waals surface area contributed by atoms with E-state index in [4.69, 9.17) is 23.2 Å². The Bertz CT molecular complexity index is 293. The average Bonchev–Trinajstić information content (AvgIpc) is 1.92. The molecule has 1 radical (unpaired) electrons. The fraction of sp³-hybridized carbons (Fsp3) is 0.143. The van der Waals surface area contributed by atoms with E-state index in [0.717, 1.165) is 6.07 Å². The van der Waals surface area contributed by atoms with Crippen molar-refractivity contribution in [1.82, 2.24) is 0 Å². The highest BCUT2D eigenvalue weighted by molar-refractivity contribution is 6.42. The SMILES string of the molecule is FC(F)(F)c1c[c]cc(Cl)c1Cl. The second kappa shape index (κ2) is 3.15. The molecule has 0 N–H and O–H groups in total. The van der Waals surface area contributed by atoms with Gasteiger partial charge in [0.2, 0.25) is 0 Å². The van der Waals surface area contributed by atoms with Crippen molar-refractivity contribution in [3.8, 4) is 0 Å². The van der Waals surface area contributed by atoms with Crippen LogP contribution in [0.2, 0.25) is 10.0 Å². The van der Waals surface area contributed by atoms with Crippen molar-refractivity contribution in [3.05, 3.63) is 33.8 Å². The van der Waals surface area contributed by atoms with Crippen LogP contribution in [0.5, 0.6) is 0 Å². The standard InChI is InChI=1S/C7H2Cl2F3/c8-5-3-1-2-4(6(5)9)7(10,11)12/h2-3H. The Hall–Kier alpha value is -0.410. The van der Waals surface area contributed by atoms with Crippen molar-refractivity contribution in [2.24, 2.45) is 0 Å². The second-order valence-corrected chi connectivity index (χ2v) is 2.81. The molecule has 0 aliphatic heterocycles. The molecule has 1 aromatic carbocycles. The van der Waals surface area contributed by atoms with Gasteiger partial charge in [-0.2, -0.15) is 13.2 Å². The molecule has 1 rings (SSSR count). The number of hydrogen-bond donors (Lipinski definition) is 0. The first kappa shape index (κ1) is 9.68. The molecule has 0 aliphatic rings. The van der Waals surface area contributed by atoms with E-state index in [1.807, 2.05) is 0 Å². The fourth-order valence-electron chi connectivity index (χ4n) is 0.660. The van der Waals surface area contributed by atoms with Gasteiger partial charge in [0.1, 0.15) is 0 Å². The van der Waals surface area contributed by atoms with E-state index in [1.165, 1.54) is 6.07 Å². The molecule has 0 saturated heterocycles. The van der Waals surface area contributed by atoms with Gasteiger partial charge in [-0.3, -0.25) is 0 Å². The third kappa shape index (κ3) is 1.84. The third-order valence-electron chi connectivity index (χ3n) is 1.19. The third-order valence-corrected chi connectivity index (χ3v) is 1.99. The zero-order chi connectivity index (χ0) is 9.35. The highest BCUT2D eigenvalue weighted by Crippen LogP contribution is 2.37. The van der Waals surface area contributed by atoms with Crippen LogP contribution in [-0.2, 0) is 6.18 Å². The molecule has 0 spiro atoms. The van der Waals surface area contributed by atoms with Crippen molar-refractivity contribution in [3.63, 3.8) is 0 Å². The van der Waals surface area contributed by atoms with Crippen LogP contribution < -0.4 is 0 Å². The molecule has 0 nitrogen and oxygen atoms in total. The molecule has 0 saturated carbocycles. The maximum Gasteiger partial charge on any atom is 0.417 e. The number of rotatable bonds is 0. The summed E-state index contributed by atoms with van der Waals surface area (Å²) >= 11 is 10.7. The molecule has 0 fully saturated rings. The minimum absolute atomic E-state index is 0.147. The predicted molar refractivity (Wildman–Crippen MR) is 40.3 cm³/mol. The first-order valence-corrected chi connectivity index (χ1v) is 3.61. The Balaban J connectivity index is 3.26. The van der Waals surface area contributed by atoms with Gasteiger partial charge in [0.25, 0.3) is 0 Å². The largest absolute Gasteiger partial charge is 0.417 e. The number of hydrogen-bond acceptors (Lipinski definition) is 0. The van der Waals surface area contributed by atoms with E-state index in [2.05, 4.69) is 6.07 Å². The summed E-state index contributed by atoms with van der Waals surface area (Å²) in [6.45, 7) is 0. The monoisotopic (exact) mass is 213 g/mol. The van der Waals surface area contributed by atoms with Crippen LogP contribution in [0, 0.1) is 6.07 Å². The van der Waals surface area contributed by atoms with Crippen molar-refractivity contribution in [2.75, 3.05) is 0 Å². The van der Waals surface area contributed by atoms with Gasteiger partial charge in [-0.25, -0.2) is 0 Å². The first-order chi connectivity index (χ1) is 5.43. The summed E-state index contributed by atoms with van der Waals surface area (Å²) in [4.78, 5) is 0. The van der Waals surface area contributed by atoms with Gasteiger partial charge < -0.3 is 0 Å². The molecule has 0 atom stereocenters. The summed E-state index contributed by atoms with van der Waals surface area (Å²) < 4.78 is 36.2. The lowest BCUT2D eigenvalue weighted by molar-refractivity contribution is -0.137. The minimum Gasteiger partial charge on any atom is -0.166 e. The van der Waals surface area contributed by atoms with Crippen LogP contribution in [0.3, 0.4) is 0 Å². The Morgan fingerprint density at radius 2 is 1.75 bits per heavy atom. The van der Waals surface area contributed by atoms with Gasteiger partial charge >= 0.3 is 6.18 Å². The van der Waals surface area contributed by atoms with E-state index >= 15 is 0 Å². The van der Waals surface area contributed by atoms with Crippen LogP contribution in [-0.4, -0.2) is 0 Å². The summed E-state index contributed by atoms with van der Waals surface area (Å²) in [6.07, 6.45) is -4.47. The number of halogens is 5. The highest BCUT2D eigenvalue weighted by Gasteiger charge is 2.33. The summed E-state index contributed by atoms with van der Waals surface area (Å²) in [5, 5.41) is -0.630. The summed E-state index contributed by atoms with van der Waals surface area (Å²) in [7, 11) is 0. The molecule has 0 bridgehead atoms. The van der Waals surface area contributed by atoms with Crippen LogP contribution in [0.15, 0.2) is 12.1 Å². The van der Waals surface area contributed by atoms with Gasteiger partial charge in [0.05, 0.1) is 15.6 Å². The van der Waals surface area contributed by atoms with Crippen LogP contribution in [0.25, 0.3) is 0 Å². The van der Waals surface area contributed by atoms with Crippen molar-refractivity contribution >= 4 is 23.2 Å². The molecule has 0 aromatic heterocycles. The summed E-state index contributed by atoms with van der Waals surface area (Å²) in [6, 6.07) is 4.18. The molecule has 1 aromatic rings. The molecular weight excluding hydrogens is 212 g/mol. The Morgan fingerprint density at radius 3 is 2.17 bits per heavy atom. The molecule has 0 amide bonds. The smallest absolute Gasteiger partial charge is 0.166 e. The molecule has 5 heteroatoms. The zero-order valence-electron chi connectivity index (χ0n) is 5.54. The second-order valence-electron chi connectivity index (χ2n) is 2.03. The number of benzene rings is 1. The lowest BCUT2D eigenvalue weighted by Crippen LogP contribution is -2.05. The molecule has 65 valence electrons.